The molecule has 0 aromatic carbocycles. The van der Waals surface area contributed by atoms with Gasteiger partial charge >= 0.3 is 0 Å². The zero-order chi connectivity index (χ0) is 15.9. The van der Waals surface area contributed by atoms with E-state index in [1.54, 1.807) is 7.05 Å². The van der Waals surface area contributed by atoms with E-state index in [1.807, 2.05) is 0 Å². The molecular formula is C14H26ClN3O2S. The van der Waals surface area contributed by atoms with E-state index >= 15 is 0 Å². The molecule has 0 unspecified atom stereocenters. The van der Waals surface area contributed by atoms with Gasteiger partial charge in [-0.2, -0.15) is 4.31 Å². The van der Waals surface area contributed by atoms with Crippen molar-refractivity contribution in [1.29, 1.82) is 0 Å². The Hall–Kier alpha value is -0.590. The van der Waals surface area contributed by atoms with Crippen LogP contribution in [0.4, 0.5) is 0 Å². The molecule has 0 saturated heterocycles. The molecule has 0 amide bonds. The molecule has 0 fully saturated rings. The third-order valence-corrected chi connectivity index (χ3v) is 5.83. The Morgan fingerprint density at radius 2 is 1.67 bits per heavy atom. The average Bonchev–Trinajstić information content (AvgIpc) is 2.78. The zero-order valence-electron chi connectivity index (χ0n) is 13.2. The van der Waals surface area contributed by atoms with Crippen molar-refractivity contribution in [1.82, 2.24) is 13.9 Å². The number of hydrogen-bond donors (Lipinski definition) is 0. The van der Waals surface area contributed by atoms with Crippen molar-refractivity contribution in [2.24, 2.45) is 7.05 Å². The first kappa shape index (κ1) is 18.5. The Morgan fingerprint density at radius 3 is 2.05 bits per heavy atom. The van der Waals surface area contributed by atoms with Gasteiger partial charge in [0.1, 0.15) is 5.15 Å². The lowest BCUT2D eigenvalue weighted by Crippen LogP contribution is -2.33. The van der Waals surface area contributed by atoms with Crippen LogP contribution in [-0.2, 0) is 17.1 Å². The van der Waals surface area contributed by atoms with Gasteiger partial charge in [-0.25, -0.2) is 13.4 Å². The van der Waals surface area contributed by atoms with Crippen molar-refractivity contribution in [3.63, 3.8) is 0 Å². The summed E-state index contributed by atoms with van der Waals surface area (Å²) in [6.07, 6.45) is 7.34. The SMILES string of the molecule is CCCCCN(CCCCC)S(=O)(=O)c1ncn(C)c1Cl. The van der Waals surface area contributed by atoms with Gasteiger partial charge in [-0.3, -0.25) is 0 Å². The van der Waals surface area contributed by atoms with Crippen molar-refractivity contribution in [3.05, 3.63) is 11.5 Å². The summed E-state index contributed by atoms with van der Waals surface area (Å²) in [6, 6.07) is 0. The summed E-state index contributed by atoms with van der Waals surface area (Å²) in [7, 11) is -1.92. The summed E-state index contributed by atoms with van der Waals surface area (Å²) in [5.74, 6) is 0. The molecule has 21 heavy (non-hydrogen) atoms. The third kappa shape index (κ3) is 4.97. The van der Waals surface area contributed by atoms with Gasteiger partial charge in [-0.15, -0.1) is 0 Å². The van der Waals surface area contributed by atoms with Crippen LogP contribution in [-0.4, -0.2) is 35.4 Å². The van der Waals surface area contributed by atoms with E-state index < -0.39 is 10.0 Å². The second-order valence-corrected chi connectivity index (χ2v) is 7.48. The largest absolute Gasteiger partial charge is 0.324 e. The Morgan fingerprint density at radius 1 is 1.14 bits per heavy atom. The van der Waals surface area contributed by atoms with Crippen LogP contribution in [0.25, 0.3) is 0 Å². The molecule has 0 atom stereocenters. The smallest absolute Gasteiger partial charge is 0.263 e. The van der Waals surface area contributed by atoms with Gasteiger partial charge < -0.3 is 4.57 Å². The highest BCUT2D eigenvalue weighted by atomic mass is 35.5. The van der Waals surface area contributed by atoms with E-state index in [-0.39, 0.29) is 10.2 Å². The first-order valence-corrected chi connectivity index (χ1v) is 9.43. The maximum absolute atomic E-state index is 12.7. The maximum Gasteiger partial charge on any atom is 0.263 e. The highest BCUT2D eigenvalue weighted by molar-refractivity contribution is 7.89. The molecule has 0 aliphatic heterocycles. The van der Waals surface area contributed by atoms with E-state index in [2.05, 4.69) is 18.8 Å². The zero-order valence-corrected chi connectivity index (χ0v) is 14.8. The standard InChI is InChI=1S/C14H26ClN3O2S/c1-4-6-8-10-18(11-9-7-5-2)21(19,20)14-13(15)17(3)12-16-14/h12H,4-11H2,1-3H3. The minimum atomic E-state index is -3.60. The second-order valence-electron chi connectivity index (χ2n) is 5.27. The van der Waals surface area contributed by atoms with Crippen molar-refractivity contribution < 1.29 is 8.42 Å². The molecule has 1 aromatic rings. The number of rotatable bonds is 10. The van der Waals surface area contributed by atoms with E-state index in [0.29, 0.717) is 13.1 Å². The number of sulfonamides is 1. The number of imidazole rings is 1. The fourth-order valence-electron chi connectivity index (χ4n) is 2.12. The van der Waals surface area contributed by atoms with Gasteiger partial charge in [-0.05, 0) is 12.8 Å². The summed E-state index contributed by atoms with van der Waals surface area (Å²) in [5.41, 5.74) is 0. The Kier molecular flexibility index (Phi) is 7.70. The van der Waals surface area contributed by atoms with Crippen LogP contribution in [0.15, 0.2) is 11.4 Å². The normalized spacial score (nSPS) is 12.2. The van der Waals surface area contributed by atoms with E-state index in [1.165, 1.54) is 15.2 Å². The molecule has 1 aromatic heterocycles. The van der Waals surface area contributed by atoms with Gasteiger partial charge in [0.05, 0.1) is 6.33 Å². The quantitative estimate of drug-likeness (QED) is 0.615. The van der Waals surface area contributed by atoms with Crippen LogP contribution < -0.4 is 0 Å². The molecule has 122 valence electrons. The first-order chi connectivity index (χ1) is 9.95. The summed E-state index contributed by atoms with van der Waals surface area (Å²) in [5, 5.41) is 0.144. The number of hydrogen-bond acceptors (Lipinski definition) is 3. The van der Waals surface area contributed by atoms with Crippen molar-refractivity contribution in [2.45, 2.75) is 57.4 Å². The molecule has 0 aliphatic carbocycles. The number of halogens is 1. The monoisotopic (exact) mass is 335 g/mol. The fourth-order valence-corrected chi connectivity index (χ4v) is 4.02. The lowest BCUT2D eigenvalue weighted by molar-refractivity contribution is 0.387. The molecular weight excluding hydrogens is 310 g/mol. The minimum Gasteiger partial charge on any atom is -0.324 e. The molecule has 0 spiro atoms. The molecule has 0 radical (unpaired) electrons. The van der Waals surface area contributed by atoms with Crippen molar-refractivity contribution in [2.75, 3.05) is 13.1 Å². The highest BCUT2D eigenvalue weighted by Gasteiger charge is 2.29. The Balaban J connectivity index is 2.90. The predicted octanol–water partition coefficient (Wildman–Crippen LogP) is 3.44. The van der Waals surface area contributed by atoms with Crippen LogP contribution in [0.1, 0.15) is 52.4 Å². The van der Waals surface area contributed by atoms with E-state index in [4.69, 9.17) is 11.6 Å². The van der Waals surface area contributed by atoms with Gasteiger partial charge in [0, 0.05) is 20.1 Å². The van der Waals surface area contributed by atoms with E-state index in [9.17, 15) is 8.42 Å². The second kappa shape index (κ2) is 8.76. The fraction of sp³-hybridized carbons (Fsp3) is 0.786. The van der Waals surface area contributed by atoms with Crippen LogP contribution in [0.5, 0.6) is 0 Å². The van der Waals surface area contributed by atoms with Gasteiger partial charge in [-0.1, -0.05) is 51.1 Å². The maximum atomic E-state index is 12.7. The summed E-state index contributed by atoms with van der Waals surface area (Å²) >= 11 is 6.05. The predicted molar refractivity (Wildman–Crippen MR) is 86.0 cm³/mol. The molecule has 1 heterocycles. The van der Waals surface area contributed by atoms with Crippen molar-refractivity contribution >= 4 is 21.6 Å². The lowest BCUT2D eigenvalue weighted by atomic mass is 10.2. The third-order valence-electron chi connectivity index (χ3n) is 3.44. The number of aryl methyl sites for hydroxylation is 1. The van der Waals surface area contributed by atoms with Crippen molar-refractivity contribution in [3.8, 4) is 0 Å². The molecule has 0 bridgehead atoms. The number of nitrogens with zero attached hydrogens (tertiary/aromatic N) is 3. The topological polar surface area (TPSA) is 55.2 Å². The molecule has 0 aliphatic rings. The van der Waals surface area contributed by atoms with E-state index in [0.717, 1.165) is 38.5 Å². The number of unbranched alkanes of at least 4 members (excludes halogenated alkanes) is 4. The molecule has 1 rings (SSSR count). The minimum absolute atomic E-state index is 0.0281. The molecule has 0 saturated carbocycles. The highest BCUT2D eigenvalue weighted by Crippen LogP contribution is 2.23. The van der Waals surface area contributed by atoms with Gasteiger partial charge in [0.2, 0.25) is 5.03 Å². The number of aromatic nitrogens is 2. The molecule has 7 heteroatoms. The lowest BCUT2D eigenvalue weighted by Gasteiger charge is -2.21. The summed E-state index contributed by atoms with van der Waals surface area (Å²) < 4.78 is 28.5. The van der Waals surface area contributed by atoms with Crippen LogP contribution >= 0.6 is 11.6 Å². The molecule has 5 nitrogen and oxygen atoms in total. The van der Waals surface area contributed by atoms with Crippen LogP contribution in [0.2, 0.25) is 5.15 Å². The van der Waals surface area contributed by atoms with Gasteiger partial charge in [0.25, 0.3) is 10.0 Å². The Labute approximate surface area is 133 Å². The first-order valence-electron chi connectivity index (χ1n) is 7.62. The van der Waals surface area contributed by atoms with Crippen LogP contribution in [0.3, 0.4) is 0 Å². The summed E-state index contributed by atoms with van der Waals surface area (Å²) in [6.45, 7) is 5.27. The molecule has 0 N–H and O–H groups in total. The Bertz CT molecular complexity index is 518. The average molecular weight is 336 g/mol. The van der Waals surface area contributed by atoms with Crippen LogP contribution in [0, 0.1) is 0 Å². The summed E-state index contributed by atoms with van der Waals surface area (Å²) in [4.78, 5) is 3.97. The van der Waals surface area contributed by atoms with Gasteiger partial charge in [0.15, 0.2) is 0 Å².